The summed E-state index contributed by atoms with van der Waals surface area (Å²) in [6.45, 7) is 5.20. The zero-order valence-corrected chi connectivity index (χ0v) is 21.0. The average Bonchev–Trinajstić information content (AvgIpc) is 3.82. The van der Waals surface area contributed by atoms with Crippen molar-refractivity contribution in [3.05, 3.63) is 71.3 Å². The van der Waals surface area contributed by atoms with Gasteiger partial charge in [0.05, 0.1) is 13.2 Å². The van der Waals surface area contributed by atoms with E-state index in [1.165, 1.54) is 59.9 Å². The third-order valence-electron chi connectivity index (χ3n) is 7.02. The highest BCUT2D eigenvalue weighted by Gasteiger charge is 2.25. The number of para-hydroxylation sites is 1. The van der Waals surface area contributed by atoms with Crippen molar-refractivity contribution >= 4 is 11.1 Å². The van der Waals surface area contributed by atoms with Crippen molar-refractivity contribution in [2.75, 3.05) is 26.4 Å². The van der Waals surface area contributed by atoms with Crippen LogP contribution in [-0.4, -0.2) is 38.6 Å². The first-order chi connectivity index (χ1) is 17.3. The molecule has 2 unspecified atom stereocenters. The lowest BCUT2D eigenvalue weighted by molar-refractivity contribution is 0.260. The predicted molar refractivity (Wildman–Crippen MR) is 141 cm³/mol. The number of unbranched alkanes of at least 4 members (excludes halogenated alkanes) is 4. The van der Waals surface area contributed by atoms with Crippen LogP contribution >= 0.6 is 0 Å². The minimum absolute atomic E-state index is 0.260. The molecule has 0 amide bonds. The number of allylic oxidation sites excluding steroid dienone is 4. The van der Waals surface area contributed by atoms with E-state index in [9.17, 15) is 0 Å². The zero-order chi connectivity index (χ0) is 23.9. The van der Waals surface area contributed by atoms with Crippen molar-refractivity contribution in [1.29, 1.82) is 0 Å². The third-order valence-corrected chi connectivity index (χ3v) is 7.02. The van der Waals surface area contributed by atoms with Gasteiger partial charge in [-0.15, -0.1) is 0 Å². The minimum atomic E-state index is 0.260. The number of hydrogen-bond donors (Lipinski definition) is 0. The molecule has 2 aliphatic heterocycles. The van der Waals surface area contributed by atoms with Crippen LogP contribution in [-0.2, 0) is 15.9 Å². The summed E-state index contributed by atoms with van der Waals surface area (Å²) in [7, 11) is 0. The number of aryl methyl sites for hydroxylation is 1. The highest BCUT2D eigenvalue weighted by Crippen LogP contribution is 2.38. The van der Waals surface area contributed by atoms with Crippen molar-refractivity contribution in [1.82, 2.24) is 0 Å². The van der Waals surface area contributed by atoms with E-state index in [0.717, 1.165) is 44.0 Å². The third kappa shape index (κ3) is 6.99. The molecule has 35 heavy (non-hydrogen) atoms. The molecule has 2 saturated heterocycles. The van der Waals surface area contributed by atoms with Gasteiger partial charge in [0.1, 0.15) is 36.9 Å². The summed E-state index contributed by atoms with van der Waals surface area (Å²) in [5, 5.41) is 0. The lowest BCUT2D eigenvalue weighted by Crippen LogP contribution is -2.08. The van der Waals surface area contributed by atoms with Crippen molar-refractivity contribution < 1.29 is 18.9 Å². The molecular formula is C31H38O4. The second-order valence-corrected chi connectivity index (χ2v) is 9.90. The van der Waals surface area contributed by atoms with Crippen LogP contribution in [0.3, 0.4) is 0 Å². The van der Waals surface area contributed by atoms with Gasteiger partial charge in [0.15, 0.2) is 0 Å². The first kappa shape index (κ1) is 24.1. The smallest absolute Gasteiger partial charge is 0.130 e. The summed E-state index contributed by atoms with van der Waals surface area (Å²) in [4.78, 5) is 0. The van der Waals surface area contributed by atoms with Crippen molar-refractivity contribution in [2.45, 2.75) is 70.5 Å². The van der Waals surface area contributed by atoms with Gasteiger partial charge in [-0.1, -0.05) is 75.1 Å². The molecular weight excluding hydrogens is 436 g/mol. The van der Waals surface area contributed by atoms with E-state index in [0.29, 0.717) is 13.2 Å². The quantitative estimate of drug-likeness (QED) is 0.218. The lowest BCUT2D eigenvalue weighted by atomic mass is 9.88. The Balaban J connectivity index is 1.28. The fourth-order valence-electron chi connectivity index (χ4n) is 4.69. The summed E-state index contributed by atoms with van der Waals surface area (Å²) in [5.74, 6) is 1.98. The number of benzene rings is 2. The van der Waals surface area contributed by atoms with E-state index in [4.69, 9.17) is 18.9 Å². The number of ether oxygens (including phenoxy) is 4. The molecule has 2 aromatic carbocycles. The SMILES string of the molecule is CCCCCCCc1cccc(C2=CC=C(c3ccc(OCC4CO4)cc3)CC2)c1OCC1CO1. The molecule has 186 valence electrons. The normalized spacial score (nSPS) is 20.7. The van der Waals surface area contributed by atoms with Gasteiger partial charge in [-0.3, -0.25) is 0 Å². The predicted octanol–water partition coefficient (Wildman–Crippen LogP) is 7.02. The highest BCUT2D eigenvalue weighted by atomic mass is 16.6. The maximum Gasteiger partial charge on any atom is 0.130 e. The largest absolute Gasteiger partial charge is 0.491 e. The first-order valence-electron chi connectivity index (χ1n) is 13.4. The van der Waals surface area contributed by atoms with Crippen LogP contribution in [0, 0.1) is 0 Å². The van der Waals surface area contributed by atoms with Crippen LogP contribution in [0.5, 0.6) is 11.5 Å². The van der Waals surface area contributed by atoms with Crippen LogP contribution in [0.25, 0.3) is 11.1 Å². The van der Waals surface area contributed by atoms with E-state index in [1.54, 1.807) is 0 Å². The van der Waals surface area contributed by atoms with Crippen LogP contribution in [0.4, 0.5) is 0 Å². The van der Waals surface area contributed by atoms with Crippen LogP contribution in [0.1, 0.15) is 68.6 Å². The summed E-state index contributed by atoms with van der Waals surface area (Å²) in [6.07, 6.45) is 14.7. The van der Waals surface area contributed by atoms with Crippen LogP contribution in [0.15, 0.2) is 54.6 Å². The highest BCUT2D eigenvalue weighted by molar-refractivity contribution is 5.80. The topological polar surface area (TPSA) is 43.5 Å². The molecule has 2 heterocycles. The lowest BCUT2D eigenvalue weighted by Gasteiger charge is -2.20. The number of hydrogen-bond acceptors (Lipinski definition) is 4. The Morgan fingerprint density at radius 2 is 1.46 bits per heavy atom. The second-order valence-electron chi connectivity index (χ2n) is 9.90. The summed E-state index contributed by atoms with van der Waals surface area (Å²) in [5.41, 5.74) is 6.57. The van der Waals surface area contributed by atoms with E-state index in [1.807, 2.05) is 0 Å². The van der Waals surface area contributed by atoms with E-state index in [2.05, 4.69) is 61.5 Å². The van der Waals surface area contributed by atoms with Gasteiger partial charge in [-0.05, 0) is 60.1 Å². The Kier molecular flexibility index (Phi) is 8.22. The van der Waals surface area contributed by atoms with Gasteiger partial charge in [0, 0.05) is 5.56 Å². The average molecular weight is 475 g/mol. The van der Waals surface area contributed by atoms with Gasteiger partial charge in [0.25, 0.3) is 0 Å². The Morgan fingerprint density at radius 3 is 2.14 bits per heavy atom. The molecule has 0 radical (unpaired) electrons. The van der Waals surface area contributed by atoms with E-state index >= 15 is 0 Å². The molecule has 5 rings (SSSR count). The standard InChI is InChI=1S/C31H38O4/c1-2-3-4-5-6-8-26-9-7-10-30(31(26)35-22-29-21-34-29)25-13-11-23(12-14-25)24-15-17-27(18-16-24)32-19-28-20-33-28/h7,9-11,13,15-18,28-29H,2-6,8,12,14,19-22H2,1H3. The molecule has 0 N–H and O–H groups in total. The molecule has 0 saturated carbocycles. The summed E-state index contributed by atoms with van der Waals surface area (Å²) < 4.78 is 22.8. The maximum absolute atomic E-state index is 6.38. The van der Waals surface area contributed by atoms with Crippen LogP contribution in [0.2, 0.25) is 0 Å². The van der Waals surface area contributed by atoms with Gasteiger partial charge in [-0.25, -0.2) is 0 Å². The molecule has 2 fully saturated rings. The minimum Gasteiger partial charge on any atom is -0.491 e. The molecule has 4 nitrogen and oxygen atoms in total. The second kappa shape index (κ2) is 11.9. The first-order valence-corrected chi connectivity index (χ1v) is 13.4. The van der Waals surface area contributed by atoms with Gasteiger partial charge < -0.3 is 18.9 Å². The molecule has 2 aromatic rings. The monoisotopic (exact) mass is 474 g/mol. The Morgan fingerprint density at radius 1 is 0.771 bits per heavy atom. The van der Waals surface area contributed by atoms with Crippen LogP contribution < -0.4 is 9.47 Å². The van der Waals surface area contributed by atoms with Gasteiger partial charge in [0.2, 0.25) is 0 Å². The van der Waals surface area contributed by atoms with E-state index < -0.39 is 0 Å². The van der Waals surface area contributed by atoms with Crippen molar-refractivity contribution in [3.63, 3.8) is 0 Å². The number of epoxide rings is 2. The van der Waals surface area contributed by atoms with Gasteiger partial charge >= 0.3 is 0 Å². The molecule has 3 aliphatic rings. The fraction of sp³-hybridized carbons (Fsp3) is 0.484. The summed E-state index contributed by atoms with van der Waals surface area (Å²) >= 11 is 0. The molecule has 0 spiro atoms. The van der Waals surface area contributed by atoms with Crippen molar-refractivity contribution in [3.8, 4) is 11.5 Å². The Bertz CT molecular complexity index is 1030. The molecule has 0 bridgehead atoms. The Labute approximate surface area is 209 Å². The fourth-order valence-corrected chi connectivity index (χ4v) is 4.69. The molecule has 4 heteroatoms. The molecule has 2 atom stereocenters. The van der Waals surface area contributed by atoms with Gasteiger partial charge in [-0.2, -0.15) is 0 Å². The summed E-state index contributed by atoms with van der Waals surface area (Å²) in [6, 6.07) is 15.1. The van der Waals surface area contributed by atoms with E-state index in [-0.39, 0.29) is 12.2 Å². The molecule has 0 aromatic heterocycles. The Hall–Kier alpha value is -2.56. The molecule has 1 aliphatic carbocycles. The van der Waals surface area contributed by atoms with Crippen molar-refractivity contribution in [2.24, 2.45) is 0 Å². The zero-order valence-electron chi connectivity index (χ0n) is 21.0. The maximum atomic E-state index is 6.38. The number of rotatable bonds is 14.